The zero-order valence-electron chi connectivity index (χ0n) is 17.3. The van der Waals surface area contributed by atoms with Crippen molar-refractivity contribution in [3.05, 3.63) is 0 Å². The van der Waals surface area contributed by atoms with Crippen LogP contribution in [-0.4, -0.2) is 82.7 Å². The zero-order chi connectivity index (χ0) is 20.2. The van der Waals surface area contributed by atoms with E-state index in [-0.39, 0.29) is 29.9 Å². The van der Waals surface area contributed by atoms with Crippen LogP contribution in [0.2, 0.25) is 0 Å². The third kappa shape index (κ3) is 12.2. The van der Waals surface area contributed by atoms with Crippen molar-refractivity contribution in [1.82, 2.24) is 15.5 Å². The van der Waals surface area contributed by atoms with Crippen LogP contribution in [0.5, 0.6) is 0 Å². The van der Waals surface area contributed by atoms with Gasteiger partial charge in [-0.15, -0.1) is 24.0 Å². The number of nitrogens with zero attached hydrogens (tertiary/aromatic N) is 2. The minimum Gasteiger partial charge on any atom is -0.381 e. The first-order valence-electron chi connectivity index (χ1n) is 10.4. The maximum Gasteiger partial charge on any atom is 0.401 e. The van der Waals surface area contributed by atoms with E-state index in [2.05, 4.69) is 15.6 Å². The Kier molecular flexibility index (Phi) is 13.5. The van der Waals surface area contributed by atoms with Crippen molar-refractivity contribution >= 4 is 29.9 Å². The molecule has 2 saturated heterocycles. The van der Waals surface area contributed by atoms with E-state index in [1.165, 1.54) is 4.90 Å². The molecule has 0 saturated carbocycles. The molecule has 2 heterocycles. The van der Waals surface area contributed by atoms with Gasteiger partial charge >= 0.3 is 6.18 Å². The molecular formula is C19H36F3IN4O2. The maximum atomic E-state index is 12.5. The fourth-order valence-electron chi connectivity index (χ4n) is 3.57. The van der Waals surface area contributed by atoms with Crippen molar-refractivity contribution < 1.29 is 22.6 Å². The van der Waals surface area contributed by atoms with Gasteiger partial charge in [0, 0.05) is 52.6 Å². The van der Waals surface area contributed by atoms with E-state index in [0.717, 1.165) is 64.6 Å². The van der Waals surface area contributed by atoms with Gasteiger partial charge in [-0.25, -0.2) is 0 Å². The SMILES string of the molecule is CCNC(=NCC1CCN(CC(F)(F)F)C1)NCCCOCC1CCOCC1.I. The highest BCUT2D eigenvalue weighted by Crippen LogP contribution is 2.22. The Labute approximate surface area is 189 Å². The molecule has 0 amide bonds. The summed E-state index contributed by atoms with van der Waals surface area (Å²) in [6, 6.07) is 0. The second kappa shape index (κ2) is 14.6. The first kappa shape index (κ1) is 26.7. The van der Waals surface area contributed by atoms with Crippen LogP contribution >= 0.6 is 24.0 Å². The van der Waals surface area contributed by atoms with Gasteiger partial charge in [0.05, 0.1) is 6.54 Å². The van der Waals surface area contributed by atoms with E-state index in [1.807, 2.05) is 6.92 Å². The number of aliphatic imine (C=N–C) groups is 1. The second-order valence-corrected chi connectivity index (χ2v) is 7.64. The van der Waals surface area contributed by atoms with Gasteiger partial charge in [0.1, 0.15) is 0 Å². The third-order valence-corrected chi connectivity index (χ3v) is 5.08. The summed E-state index contributed by atoms with van der Waals surface area (Å²) in [7, 11) is 0. The van der Waals surface area contributed by atoms with Crippen LogP contribution in [-0.2, 0) is 9.47 Å². The fraction of sp³-hybridized carbons (Fsp3) is 0.947. The number of rotatable bonds is 10. The van der Waals surface area contributed by atoms with Crippen molar-refractivity contribution in [2.24, 2.45) is 16.8 Å². The molecule has 0 bridgehead atoms. The van der Waals surface area contributed by atoms with Crippen molar-refractivity contribution in [3.8, 4) is 0 Å². The highest BCUT2D eigenvalue weighted by Gasteiger charge is 2.34. The van der Waals surface area contributed by atoms with Crippen molar-refractivity contribution in [3.63, 3.8) is 0 Å². The molecule has 0 radical (unpaired) electrons. The predicted octanol–water partition coefficient (Wildman–Crippen LogP) is 2.88. The molecular weight excluding hydrogens is 500 g/mol. The molecule has 0 aliphatic carbocycles. The summed E-state index contributed by atoms with van der Waals surface area (Å²) >= 11 is 0. The number of likely N-dealkylation sites (tertiary alicyclic amines) is 1. The van der Waals surface area contributed by atoms with Gasteiger partial charge < -0.3 is 20.1 Å². The van der Waals surface area contributed by atoms with Gasteiger partial charge in [-0.3, -0.25) is 9.89 Å². The van der Waals surface area contributed by atoms with Gasteiger partial charge in [-0.2, -0.15) is 13.2 Å². The number of hydrogen-bond acceptors (Lipinski definition) is 4. The Balaban J connectivity index is 0.00000420. The van der Waals surface area contributed by atoms with Crippen molar-refractivity contribution in [1.29, 1.82) is 0 Å². The summed E-state index contributed by atoms with van der Waals surface area (Å²) in [5.74, 6) is 1.52. The summed E-state index contributed by atoms with van der Waals surface area (Å²) in [5, 5.41) is 6.47. The lowest BCUT2D eigenvalue weighted by atomic mass is 10.0. The van der Waals surface area contributed by atoms with E-state index < -0.39 is 12.7 Å². The lowest BCUT2D eigenvalue weighted by Crippen LogP contribution is -2.38. The first-order valence-corrected chi connectivity index (χ1v) is 10.4. The van der Waals surface area contributed by atoms with Gasteiger partial charge in [0.25, 0.3) is 0 Å². The van der Waals surface area contributed by atoms with Gasteiger partial charge in [0.2, 0.25) is 0 Å². The van der Waals surface area contributed by atoms with E-state index in [4.69, 9.17) is 9.47 Å². The molecule has 1 unspecified atom stereocenters. The molecule has 29 heavy (non-hydrogen) atoms. The molecule has 2 aliphatic heterocycles. The minimum atomic E-state index is -4.12. The molecule has 0 spiro atoms. The van der Waals surface area contributed by atoms with Crippen LogP contribution in [0.3, 0.4) is 0 Å². The highest BCUT2D eigenvalue weighted by molar-refractivity contribution is 14.0. The predicted molar refractivity (Wildman–Crippen MR) is 119 cm³/mol. The largest absolute Gasteiger partial charge is 0.401 e. The molecule has 0 aromatic heterocycles. The van der Waals surface area contributed by atoms with Crippen molar-refractivity contribution in [2.75, 3.05) is 65.7 Å². The monoisotopic (exact) mass is 536 g/mol. The smallest absolute Gasteiger partial charge is 0.381 e. The number of alkyl halides is 3. The Bertz CT molecular complexity index is 463. The number of guanidine groups is 1. The van der Waals surface area contributed by atoms with Crippen LogP contribution < -0.4 is 10.6 Å². The molecule has 10 heteroatoms. The van der Waals surface area contributed by atoms with Crippen LogP contribution in [0.15, 0.2) is 4.99 Å². The molecule has 6 nitrogen and oxygen atoms in total. The quantitative estimate of drug-likeness (QED) is 0.195. The standard InChI is InChI=1S/C19H35F3N4O2.HI/c1-2-23-18(24-7-3-9-28-14-16-5-10-27-11-6-16)25-12-17-4-8-26(13-17)15-19(20,21)22;/h16-17H,2-15H2,1H3,(H2,23,24,25);1H. The normalized spacial score (nSPS) is 21.8. The average molecular weight is 536 g/mol. The molecule has 2 fully saturated rings. The number of nitrogens with one attached hydrogen (secondary N) is 2. The fourth-order valence-corrected chi connectivity index (χ4v) is 3.57. The zero-order valence-corrected chi connectivity index (χ0v) is 19.6. The summed E-state index contributed by atoms with van der Waals surface area (Å²) in [4.78, 5) is 6.02. The van der Waals surface area contributed by atoms with E-state index in [1.54, 1.807) is 0 Å². The van der Waals surface area contributed by atoms with Crippen LogP contribution in [0.1, 0.15) is 32.6 Å². The average Bonchev–Trinajstić information content (AvgIpc) is 3.08. The van der Waals surface area contributed by atoms with Gasteiger partial charge in [-0.1, -0.05) is 0 Å². The van der Waals surface area contributed by atoms with E-state index >= 15 is 0 Å². The van der Waals surface area contributed by atoms with Crippen LogP contribution in [0.25, 0.3) is 0 Å². The molecule has 2 rings (SSSR count). The maximum absolute atomic E-state index is 12.5. The summed E-state index contributed by atoms with van der Waals surface area (Å²) in [6.45, 7) is 7.36. The van der Waals surface area contributed by atoms with Gasteiger partial charge in [-0.05, 0) is 51.0 Å². The molecule has 0 aromatic rings. The Morgan fingerprint density at radius 1 is 1.17 bits per heavy atom. The van der Waals surface area contributed by atoms with Crippen molar-refractivity contribution in [2.45, 2.75) is 38.8 Å². The van der Waals surface area contributed by atoms with Crippen LogP contribution in [0.4, 0.5) is 13.2 Å². The summed E-state index contributed by atoms with van der Waals surface area (Å²) in [5.41, 5.74) is 0. The second-order valence-electron chi connectivity index (χ2n) is 7.64. The lowest BCUT2D eigenvalue weighted by molar-refractivity contribution is -0.143. The third-order valence-electron chi connectivity index (χ3n) is 5.08. The molecule has 1 atom stereocenters. The summed E-state index contributed by atoms with van der Waals surface area (Å²) in [6.07, 6.45) is -0.314. The summed E-state index contributed by atoms with van der Waals surface area (Å²) < 4.78 is 48.5. The van der Waals surface area contributed by atoms with E-state index in [9.17, 15) is 13.2 Å². The molecule has 172 valence electrons. The van der Waals surface area contributed by atoms with E-state index in [0.29, 0.717) is 32.2 Å². The molecule has 2 aliphatic rings. The lowest BCUT2D eigenvalue weighted by Gasteiger charge is -2.21. The highest BCUT2D eigenvalue weighted by atomic mass is 127. The van der Waals surface area contributed by atoms with Crippen LogP contribution in [0, 0.1) is 11.8 Å². The number of halogens is 4. The number of hydrogen-bond donors (Lipinski definition) is 2. The Hall–Kier alpha value is -0.330. The first-order chi connectivity index (χ1) is 13.5. The van der Waals surface area contributed by atoms with Gasteiger partial charge in [0.15, 0.2) is 5.96 Å². The number of ether oxygens (including phenoxy) is 2. The molecule has 2 N–H and O–H groups in total. The topological polar surface area (TPSA) is 58.1 Å². The molecule has 0 aromatic carbocycles. The Morgan fingerprint density at radius 2 is 1.93 bits per heavy atom. The Morgan fingerprint density at radius 3 is 2.62 bits per heavy atom. The minimum absolute atomic E-state index is 0.